The highest BCUT2D eigenvalue weighted by Gasteiger charge is 2.20. The Kier molecular flexibility index (Phi) is 3.37. The molecule has 21 heavy (non-hydrogen) atoms. The van der Waals surface area contributed by atoms with Crippen molar-refractivity contribution in [1.82, 2.24) is 9.55 Å². The molecule has 2 aromatic carbocycles. The molecule has 0 radical (unpaired) electrons. The van der Waals surface area contributed by atoms with Crippen LogP contribution in [0.5, 0.6) is 0 Å². The Hall–Kier alpha value is -2.01. The van der Waals surface area contributed by atoms with Gasteiger partial charge in [0.15, 0.2) is 5.82 Å². The molecule has 0 aliphatic carbocycles. The van der Waals surface area contributed by atoms with E-state index in [1.165, 1.54) is 16.7 Å². The van der Waals surface area contributed by atoms with Crippen LogP contribution in [-0.4, -0.2) is 9.55 Å². The largest absolute Gasteiger partial charge is 0.292 e. The van der Waals surface area contributed by atoms with Gasteiger partial charge in [-0.1, -0.05) is 6.07 Å². The van der Waals surface area contributed by atoms with Crippen LogP contribution in [0.4, 0.5) is 13.2 Å². The molecule has 0 fully saturated rings. The molecule has 0 aliphatic rings. The fraction of sp³-hybridized carbons (Fsp3) is 0.133. The lowest BCUT2D eigenvalue weighted by Gasteiger charge is -2.11. The number of rotatable bonds is 2. The van der Waals surface area contributed by atoms with Crippen molar-refractivity contribution in [2.45, 2.75) is 12.3 Å². The summed E-state index contributed by atoms with van der Waals surface area (Å²) < 4.78 is 42.7. The molecule has 3 rings (SSSR count). The number of benzene rings is 2. The first-order valence-electron chi connectivity index (χ1n) is 6.25. The summed E-state index contributed by atoms with van der Waals surface area (Å²) in [6.07, 6.45) is 0. The van der Waals surface area contributed by atoms with Crippen LogP contribution in [0.25, 0.3) is 16.7 Å². The van der Waals surface area contributed by atoms with Gasteiger partial charge in [-0.3, -0.25) is 4.57 Å². The lowest BCUT2D eigenvalue weighted by molar-refractivity contribution is 0.591. The van der Waals surface area contributed by atoms with E-state index in [-0.39, 0.29) is 17.0 Å². The van der Waals surface area contributed by atoms with Crippen molar-refractivity contribution in [3.8, 4) is 5.69 Å². The second-order valence-corrected chi connectivity index (χ2v) is 5.28. The first kappa shape index (κ1) is 13.9. The van der Waals surface area contributed by atoms with Gasteiger partial charge in [-0.05, 0) is 31.2 Å². The van der Waals surface area contributed by atoms with E-state index in [1.54, 1.807) is 13.0 Å². The molecule has 0 amide bonds. The van der Waals surface area contributed by atoms with Crippen molar-refractivity contribution in [1.29, 1.82) is 0 Å². The highest BCUT2D eigenvalue weighted by molar-refractivity contribution is 6.20. The fourth-order valence-corrected chi connectivity index (χ4v) is 2.41. The number of fused-ring (bicyclic) bond motifs is 1. The molecule has 0 N–H and O–H groups in total. The minimum atomic E-state index is -0.640. The van der Waals surface area contributed by atoms with Crippen LogP contribution in [0.15, 0.2) is 36.4 Å². The standard InChI is InChI=1S/C15H10ClF3N2/c1-8(16)15-20-14-11(19)3-2-4-12(14)21(15)13-7-9(17)5-6-10(13)18/h2-8H,1H3. The maximum atomic E-state index is 14.1. The van der Waals surface area contributed by atoms with E-state index in [9.17, 15) is 13.2 Å². The second kappa shape index (κ2) is 5.07. The number of hydrogen-bond donors (Lipinski definition) is 0. The molecule has 0 spiro atoms. The Balaban J connectivity index is 2.42. The highest BCUT2D eigenvalue weighted by Crippen LogP contribution is 2.30. The fourth-order valence-electron chi connectivity index (χ4n) is 2.26. The first-order chi connectivity index (χ1) is 9.99. The van der Waals surface area contributed by atoms with Gasteiger partial charge in [-0.15, -0.1) is 11.6 Å². The van der Waals surface area contributed by atoms with Gasteiger partial charge in [0.25, 0.3) is 0 Å². The van der Waals surface area contributed by atoms with Crippen molar-refractivity contribution in [3.05, 3.63) is 59.7 Å². The molecule has 1 aromatic heterocycles. The quantitative estimate of drug-likeness (QED) is 0.625. The third-order valence-electron chi connectivity index (χ3n) is 3.17. The summed E-state index contributed by atoms with van der Waals surface area (Å²) in [4.78, 5) is 4.13. The molecule has 1 atom stereocenters. The van der Waals surface area contributed by atoms with Crippen LogP contribution in [0.3, 0.4) is 0 Å². The molecule has 2 nitrogen and oxygen atoms in total. The number of alkyl halides is 1. The van der Waals surface area contributed by atoms with Crippen molar-refractivity contribution in [3.63, 3.8) is 0 Å². The zero-order valence-corrected chi connectivity index (χ0v) is 11.7. The van der Waals surface area contributed by atoms with Crippen molar-refractivity contribution in [2.24, 2.45) is 0 Å². The summed E-state index contributed by atoms with van der Waals surface area (Å²) in [7, 11) is 0. The molecule has 0 saturated heterocycles. The maximum absolute atomic E-state index is 14.1. The number of halogens is 4. The number of nitrogens with zero attached hydrogens (tertiary/aromatic N) is 2. The SMILES string of the molecule is CC(Cl)c1nc2c(F)cccc2n1-c1cc(F)ccc1F. The van der Waals surface area contributed by atoms with Gasteiger partial charge < -0.3 is 0 Å². The predicted octanol–water partition coefficient (Wildman–Crippen LogP) is 4.74. The molecule has 0 aliphatic heterocycles. The van der Waals surface area contributed by atoms with E-state index in [0.717, 1.165) is 18.2 Å². The van der Waals surface area contributed by atoms with E-state index in [0.29, 0.717) is 5.52 Å². The molecule has 0 saturated carbocycles. The van der Waals surface area contributed by atoms with Gasteiger partial charge >= 0.3 is 0 Å². The Bertz CT molecular complexity index is 827. The van der Waals surface area contributed by atoms with Gasteiger partial charge in [0.2, 0.25) is 0 Å². The normalized spacial score (nSPS) is 12.8. The Morgan fingerprint density at radius 1 is 1.10 bits per heavy atom. The van der Waals surface area contributed by atoms with Crippen LogP contribution in [0.1, 0.15) is 18.1 Å². The molecular weight excluding hydrogens is 301 g/mol. The summed E-state index contributed by atoms with van der Waals surface area (Å²) >= 11 is 6.05. The first-order valence-corrected chi connectivity index (χ1v) is 6.69. The van der Waals surface area contributed by atoms with Crippen LogP contribution >= 0.6 is 11.6 Å². The van der Waals surface area contributed by atoms with Gasteiger partial charge in [-0.2, -0.15) is 0 Å². The Morgan fingerprint density at radius 2 is 1.86 bits per heavy atom. The predicted molar refractivity (Wildman–Crippen MR) is 75.2 cm³/mol. The van der Waals surface area contributed by atoms with E-state index in [4.69, 9.17) is 11.6 Å². The topological polar surface area (TPSA) is 17.8 Å². The number of hydrogen-bond acceptors (Lipinski definition) is 1. The highest BCUT2D eigenvalue weighted by atomic mass is 35.5. The third-order valence-corrected chi connectivity index (χ3v) is 3.36. The minimum absolute atomic E-state index is 0.0504. The number of aromatic nitrogens is 2. The molecule has 3 aromatic rings. The van der Waals surface area contributed by atoms with Crippen LogP contribution in [0, 0.1) is 17.5 Å². The smallest absolute Gasteiger partial charge is 0.151 e. The Morgan fingerprint density at radius 3 is 2.57 bits per heavy atom. The second-order valence-electron chi connectivity index (χ2n) is 4.62. The molecular formula is C15H10ClF3N2. The molecule has 0 bridgehead atoms. The van der Waals surface area contributed by atoms with E-state index < -0.39 is 22.8 Å². The zero-order valence-electron chi connectivity index (χ0n) is 10.9. The number of imidazole rings is 1. The molecule has 108 valence electrons. The maximum Gasteiger partial charge on any atom is 0.151 e. The monoisotopic (exact) mass is 310 g/mol. The van der Waals surface area contributed by atoms with E-state index in [1.807, 2.05) is 0 Å². The van der Waals surface area contributed by atoms with Crippen molar-refractivity contribution < 1.29 is 13.2 Å². The lowest BCUT2D eigenvalue weighted by Crippen LogP contribution is -2.04. The van der Waals surface area contributed by atoms with Crippen LogP contribution in [0.2, 0.25) is 0 Å². The summed E-state index contributed by atoms with van der Waals surface area (Å²) in [6, 6.07) is 7.38. The number of para-hydroxylation sites is 1. The average Bonchev–Trinajstić information content (AvgIpc) is 2.82. The van der Waals surface area contributed by atoms with Gasteiger partial charge in [0.1, 0.15) is 23.0 Å². The van der Waals surface area contributed by atoms with Gasteiger partial charge in [0, 0.05) is 6.07 Å². The average molecular weight is 311 g/mol. The zero-order chi connectivity index (χ0) is 15.1. The summed E-state index contributed by atoms with van der Waals surface area (Å²) in [6.45, 7) is 1.63. The van der Waals surface area contributed by atoms with Crippen LogP contribution < -0.4 is 0 Å². The van der Waals surface area contributed by atoms with Gasteiger partial charge in [0.05, 0.1) is 16.6 Å². The summed E-state index contributed by atoms with van der Waals surface area (Å²) in [5.74, 6) is -1.53. The Labute approximate surface area is 123 Å². The molecule has 1 unspecified atom stereocenters. The third kappa shape index (κ3) is 2.27. The van der Waals surface area contributed by atoms with E-state index in [2.05, 4.69) is 4.98 Å². The lowest BCUT2D eigenvalue weighted by atomic mass is 10.2. The van der Waals surface area contributed by atoms with E-state index >= 15 is 0 Å². The van der Waals surface area contributed by atoms with Crippen LogP contribution in [-0.2, 0) is 0 Å². The molecule has 1 heterocycles. The summed E-state index contributed by atoms with van der Waals surface area (Å²) in [5.41, 5.74) is 0.358. The van der Waals surface area contributed by atoms with Crippen molar-refractivity contribution in [2.75, 3.05) is 0 Å². The minimum Gasteiger partial charge on any atom is -0.292 e. The summed E-state index contributed by atoms with van der Waals surface area (Å²) in [5, 5.41) is -0.598. The van der Waals surface area contributed by atoms with Gasteiger partial charge in [-0.25, -0.2) is 18.2 Å². The molecule has 6 heteroatoms. The van der Waals surface area contributed by atoms with Crippen molar-refractivity contribution >= 4 is 22.6 Å².